The van der Waals surface area contributed by atoms with E-state index in [1.54, 1.807) is 12.1 Å². The van der Waals surface area contributed by atoms with Gasteiger partial charge < -0.3 is 5.32 Å². The molecule has 3 nitrogen and oxygen atoms in total. The van der Waals surface area contributed by atoms with E-state index in [4.69, 9.17) is 0 Å². The molecule has 1 aliphatic heterocycles. The fourth-order valence-electron chi connectivity index (χ4n) is 2.71. The highest BCUT2D eigenvalue weighted by Crippen LogP contribution is 2.24. The lowest BCUT2D eigenvalue weighted by Gasteiger charge is -2.19. The van der Waals surface area contributed by atoms with Crippen molar-refractivity contribution in [2.75, 3.05) is 11.9 Å². The summed E-state index contributed by atoms with van der Waals surface area (Å²) in [6.45, 7) is 2.86. The van der Waals surface area contributed by atoms with E-state index >= 15 is 0 Å². The second-order valence-corrected chi connectivity index (χ2v) is 5.75. The van der Waals surface area contributed by atoms with Crippen LogP contribution in [0, 0.1) is 5.82 Å². The fraction of sp³-hybridized carbons (Fsp3) is 0.333. The van der Waals surface area contributed by atoms with Crippen molar-refractivity contribution in [1.29, 1.82) is 0 Å². The standard InChI is InChI=1S/C18H19FN2O/c1-12(18(22)11-13-4-6-14(19)7-5-13)15-8-9-16-17(21-15)3-2-10-20-16/h4-9,12,20H,2-3,10-11H2,1H3. The van der Waals surface area contributed by atoms with E-state index in [-0.39, 0.29) is 17.5 Å². The molecule has 0 radical (unpaired) electrons. The second-order valence-electron chi connectivity index (χ2n) is 5.75. The van der Waals surface area contributed by atoms with Crippen molar-refractivity contribution < 1.29 is 9.18 Å². The van der Waals surface area contributed by atoms with Gasteiger partial charge in [0.1, 0.15) is 11.6 Å². The molecule has 0 bridgehead atoms. The number of hydrogen-bond acceptors (Lipinski definition) is 3. The van der Waals surface area contributed by atoms with Gasteiger partial charge in [-0.05, 0) is 49.6 Å². The number of Topliss-reactive ketones (excluding diaryl/α,β-unsaturated/α-hetero) is 1. The van der Waals surface area contributed by atoms with Gasteiger partial charge in [-0.3, -0.25) is 9.78 Å². The zero-order valence-electron chi connectivity index (χ0n) is 12.6. The molecule has 0 amide bonds. The molecule has 0 aliphatic carbocycles. The summed E-state index contributed by atoms with van der Waals surface area (Å²) in [6.07, 6.45) is 2.33. The molecule has 114 valence electrons. The number of halogens is 1. The number of anilines is 1. The first-order valence-electron chi connectivity index (χ1n) is 7.64. The van der Waals surface area contributed by atoms with Gasteiger partial charge in [0.25, 0.3) is 0 Å². The number of hydrogen-bond donors (Lipinski definition) is 1. The third-order valence-electron chi connectivity index (χ3n) is 4.12. The van der Waals surface area contributed by atoms with Gasteiger partial charge in [-0.2, -0.15) is 0 Å². The van der Waals surface area contributed by atoms with Crippen molar-refractivity contribution in [3.8, 4) is 0 Å². The van der Waals surface area contributed by atoms with E-state index in [2.05, 4.69) is 10.3 Å². The van der Waals surface area contributed by atoms with Crippen molar-refractivity contribution >= 4 is 11.5 Å². The van der Waals surface area contributed by atoms with Crippen LogP contribution in [0.4, 0.5) is 10.1 Å². The molecular weight excluding hydrogens is 279 g/mol. The molecule has 2 aromatic rings. The average molecular weight is 298 g/mol. The summed E-state index contributed by atoms with van der Waals surface area (Å²) in [5, 5.41) is 3.32. The first-order chi connectivity index (χ1) is 10.6. The first-order valence-corrected chi connectivity index (χ1v) is 7.64. The highest BCUT2D eigenvalue weighted by atomic mass is 19.1. The molecule has 1 aliphatic rings. The molecule has 1 unspecified atom stereocenters. The van der Waals surface area contributed by atoms with Crippen LogP contribution in [0.2, 0.25) is 0 Å². The van der Waals surface area contributed by atoms with Crippen LogP contribution in [0.3, 0.4) is 0 Å². The number of rotatable bonds is 4. The predicted molar refractivity (Wildman–Crippen MR) is 84.6 cm³/mol. The Morgan fingerprint density at radius 2 is 2.05 bits per heavy atom. The normalized spacial score (nSPS) is 14.8. The van der Waals surface area contributed by atoms with Gasteiger partial charge in [0.15, 0.2) is 0 Å². The average Bonchev–Trinajstić information content (AvgIpc) is 2.55. The molecule has 0 fully saturated rings. The largest absolute Gasteiger partial charge is 0.384 e. The van der Waals surface area contributed by atoms with Gasteiger partial charge in [-0.25, -0.2) is 4.39 Å². The van der Waals surface area contributed by atoms with Crippen LogP contribution in [0.1, 0.15) is 36.2 Å². The highest BCUT2D eigenvalue weighted by Gasteiger charge is 2.19. The van der Waals surface area contributed by atoms with Gasteiger partial charge in [-0.1, -0.05) is 12.1 Å². The van der Waals surface area contributed by atoms with Crippen molar-refractivity contribution in [2.45, 2.75) is 32.1 Å². The fourth-order valence-corrected chi connectivity index (χ4v) is 2.71. The quantitative estimate of drug-likeness (QED) is 0.939. The van der Waals surface area contributed by atoms with E-state index in [1.807, 2.05) is 19.1 Å². The van der Waals surface area contributed by atoms with Crippen LogP contribution in [0.15, 0.2) is 36.4 Å². The Balaban J connectivity index is 1.73. The summed E-state index contributed by atoms with van der Waals surface area (Å²) in [6, 6.07) is 10.0. The van der Waals surface area contributed by atoms with Gasteiger partial charge in [0.05, 0.1) is 23.0 Å². The SMILES string of the molecule is CC(C(=O)Cc1ccc(F)cc1)c1ccc2c(n1)CCCN2. The monoisotopic (exact) mass is 298 g/mol. The minimum absolute atomic E-state index is 0.0998. The molecule has 1 atom stereocenters. The number of aromatic nitrogens is 1. The Kier molecular flexibility index (Phi) is 4.18. The number of carbonyl (C=O) groups excluding carboxylic acids is 1. The van der Waals surface area contributed by atoms with E-state index in [1.165, 1.54) is 12.1 Å². The zero-order chi connectivity index (χ0) is 15.5. The summed E-state index contributed by atoms with van der Waals surface area (Å²) >= 11 is 0. The Hall–Kier alpha value is -2.23. The van der Waals surface area contributed by atoms with Gasteiger partial charge in [-0.15, -0.1) is 0 Å². The molecule has 0 saturated heterocycles. The predicted octanol–water partition coefficient (Wildman–Crippen LogP) is 3.49. The number of nitrogens with one attached hydrogen (secondary N) is 1. The van der Waals surface area contributed by atoms with Crippen molar-refractivity contribution in [2.24, 2.45) is 0 Å². The van der Waals surface area contributed by atoms with Crippen LogP contribution in [-0.4, -0.2) is 17.3 Å². The Morgan fingerprint density at radius 3 is 2.82 bits per heavy atom. The number of benzene rings is 1. The Labute approximate surface area is 129 Å². The third kappa shape index (κ3) is 3.16. The maximum Gasteiger partial charge on any atom is 0.145 e. The van der Waals surface area contributed by atoms with Crippen molar-refractivity contribution in [1.82, 2.24) is 4.98 Å². The summed E-state index contributed by atoms with van der Waals surface area (Å²) in [5.74, 6) is -0.437. The minimum Gasteiger partial charge on any atom is -0.384 e. The molecule has 4 heteroatoms. The zero-order valence-corrected chi connectivity index (χ0v) is 12.6. The van der Waals surface area contributed by atoms with Crippen molar-refractivity contribution in [3.05, 3.63) is 59.2 Å². The summed E-state index contributed by atoms with van der Waals surface area (Å²) < 4.78 is 12.9. The number of fused-ring (bicyclic) bond motifs is 1. The van der Waals surface area contributed by atoms with Crippen LogP contribution in [0.25, 0.3) is 0 Å². The van der Waals surface area contributed by atoms with Crippen LogP contribution in [0.5, 0.6) is 0 Å². The first kappa shape index (κ1) is 14.7. The summed E-state index contributed by atoms with van der Waals surface area (Å²) in [5.41, 5.74) is 3.77. The number of nitrogens with zero attached hydrogens (tertiary/aromatic N) is 1. The molecule has 1 N–H and O–H groups in total. The molecular formula is C18H19FN2O. The Morgan fingerprint density at radius 1 is 1.27 bits per heavy atom. The van der Waals surface area contributed by atoms with Gasteiger partial charge in [0.2, 0.25) is 0 Å². The second kappa shape index (κ2) is 6.26. The third-order valence-corrected chi connectivity index (χ3v) is 4.12. The van der Waals surface area contributed by atoms with Gasteiger partial charge >= 0.3 is 0 Å². The topological polar surface area (TPSA) is 42.0 Å². The lowest BCUT2D eigenvalue weighted by molar-refractivity contribution is -0.119. The lowest BCUT2D eigenvalue weighted by Crippen LogP contribution is -2.17. The van der Waals surface area contributed by atoms with Crippen molar-refractivity contribution in [3.63, 3.8) is 0 Å². The van der Waals surface area contributed by atoms with Crippen LogP contribution in [-0.2, 0) is 17.6 Å². The van der Waals surface area contributed by atoms with E-state index in [0.717, 1.165) is 42.0 Å². The van der Waals surface area contributed by atoms with E-state index < -0.39 is 0 Å². The smallest absolute Gasteiger partial charge is 0.145 e. The molecule has 22 heavy (non-hydrogen) atoms. The number of carbonyl (C=O) groups is 1. The minimum atomic E-state index is -0.284. The lowest BCUT2D eigenvalue weighted by atomic mass is 9.95. The molecule has 1 aromatic heterocycles. The van der Waals surface area contributed by atoms with E-state index in [0.29, 0.717) is 6.42 Å². The molecule has 1 aromatic carbocycles. The maximum absolute atomic E-state index is 12.9. The van der Waals surface area contributed by atoms with Crippen LogP contribution >= 0.6 is 0 Å². The highest BCUT2D eigenvalue weighted by molar-refractivity contribution is 5.87. The van der Waals surface area contributed by atoms with E-state index in [9.17, 15) is 9.18 Å². The number of pyridine rings is 1. The molecule has 0 spiro atoms. The molecule has 2 heterocycles. The Bertz CT molecular complexity index is 682. The van der Waals surface area contributed by atoms with Gasteiger partial charge in [0, 0.05) is 13.0 Å². The maximum atomic E-state index is 12.9. The number of ketones is 1. The summed E-state index contributed by atoms with van der Waals surface area (Å²) in [7, 11) is 0. The molecule has 3 rings (SSSR count). The number of aryl methyl sites for hydroxylation is 1. The van der Waals surface area contributed by atoms with Crippen LogP contribution < -0.4 is 5.32 Å². The summed E-state index contributed by atoms with van der Waals surface area (Å²) in [4.78, 5) is 17.1. The molecule has 0 saturated carbocycles.